The fourth-order valence-corrected chi connectivity index (χ4v) is 3.95. The molecule has 3 aromatic rings. The van der Waals surface area contributed by atoms with E-state index in [2.05, 4.69) is 5.10 Å². The molecular weight excluding hydrogens is 460 g/mol. The molecule has 1 heterocycles. The molecule has 0 bridgehead atoms. The first kappa shape index (κ1) is 25.0. The molecule has 10 heteroatoms. The summed E-state index contributed by atoms with van der Waals surface area (Å²) in [5.41, 5.74) is 0.0561. The highest BCUT2D eigenvalue weighted by Crippen LogP contribution is 2.24. The van der Waals surface area contributed by atoms with Gasteiger partial charge in [0.2, 0.25) is 5.69 Å². The highest BCUT2D eigenvalue weighted by atomic mass is 32.2. The van der Waals surface area contributed by atoms with Crippen LogP contribution in [0.4, 0.5) is 0 Å². The quantitative estimate of drug-likeness (QED) is 0.242. The van der Waals surface area contributed by atoms with E-state index in [0.29, 0.717) is 18.0 Å². The fraction of sp³-hybridized carbons (Fsp3) is 0.292. The first-order valence-corrected chi connectivity index (χ1v) is 12.2. The summed E-state index contributed by atoms with van der Waals surface area (Å²) in [6.45, 7) is 5.95. The van der Waals surface area contributed by atoms with Gasteiger partial charge in [0.05, 0.1) is 25.0 Å². The van der Waals surface area contributed by atoms with Crippen molar-refractivity contribution in [3.05, 3.63) is 76.2 Å². The maximum Gasteiger partial charge on any atom is 0.362 e. The van der Waals surface area contributed by atoms with Crippen molar-refractivity contribution in [2.45, 2.75) is 38.5 Å². The average Bonchev–Trinajstić information content (AvgIpc) is 2.80. The number of para-hydroxylation sites is 1. The Hall–Kier alpha value is -3.66. The zero-order valence-corrected chi connectivity index (χ0v) is 20.0. The molecule has 0 amide bonds. The van der Waals surface area contributed by atoms with Gasteiger partial charge in [0.15, 0.2) is 5.75 Å². The summed E-state index contributed by atoms with van der Waals surface area (Å²) in [7, 11) is -4.38. The van der Waals surface area contributed by atoms with Crippen LogP contribution in [0.3, 0.4) is 0 Å². The van der Waals surface area contributed by atoms with Gasteiger partial charge in [-0.3, -0.25) is 4.79 Å². The van der Waals surface area contributed by atoms with Gasteiger partial charge in [-0.15, -0.1) is 0 Å². The van der Waals surface area contributed by atoms with E-state index >= 15 is 0 Å². The molecule has 0 aliphatic heterocycles. The van der Waals surface area contributed by atoms with E-state index in [1.165, 1.54) is 24.3 Å². The van der Waals surface area contributed by atoms with Crippen LogP contribution in [0.2, 0.25) is 0 Å². The number of ether oxygens (including phenoxy) is 2. The van der Waals surface area contributed by atoms with E-state index in [1.807, 2.05) is 6.92 Å². The zero-order chi connectivity index (χ0) is 24.7. The van der Waals surface area contributed by atoms with Gasteiger partial charge in [0.1, 0.15) is 10.6 Å². The van der Waals surface area contributed by atoms with E-state index in [1.54, 1.807) is 38.1 Å². The summed E-state index contributed by atoms with van der Waals surface area (Å²) in [6, 6.07) is 13.5. The predicted molar refractivity (Wildman–Crippen MR) is 125 cm³/mol. The summed E-state index contributed by atoms with van der Waals surface area (Å²) < 4.78 is 42.5. The van der Waals surface area contributed by atoms with Crippen LogP contribution in [0, 0.1) is 6.92 Å². The van der Waals surface area contributed by atoms with Crippen LogP contribution in [-0.4, -0.2) is 37.4 Å². The second-order valence-electron chi connectivity index (χ2n) is 7.33. The number of hydrogen-bond donors (Lipinski definition) is 0. The Balaban J connectivity index is 1.98. The van der Waals surface area contributed by atoms with Crippen molar-refractivity contribution in [2.75, 3.05) is 13.2 Å². The predicted octanol–water partition coefficient (Wildman–Crippen LogP) is 3.66. The van der Waals surface area contributed by atoms with Crippen molar-refractivity contribution < 1.29 is 26.9 Å². The Morgan fingerprint density at radius 1 is 1.06 bits per heavy atom. The molecular formula is C24H26N2O7S. The maximum atomic E-state index is 12.9. The van der Waals surface area contributed by atoms with E-state index < -0.39 is 33.1 Å². The first-order valence-electron chi connectivity index (χ1n) is 10.8. The molecule has 1 aromatic heterocycles. The van der Waals surface area contributed by atoms with Gasteiger partial charge >= 0.3 is 16.1 Å². The molecule has 180 valence electrons. The van der Waals surface area contributed by atoms with Gasteiger partial charge in [-0.25, -0.2) is 4.79 Å². The number of unbranched alkanes of at least 4 members (excludes halogenated alkanes) is 1. The SMILES string of the molecule is CCCCOc1ccc(S(=O)(=O)Oc2cc(=O)n(-c3ccccc3C)nc2C(=O)OCC)cc1. The molecule has 0 aliphatic rings. The molecule has 0 unspecified atom stereocenters. The van der Waals surface area contributed by atoms with Gasteiger partial charge in [-0.2, -0.15) is 18.2 Å². The second kappa shape index (κ2) is 11.0. The van der Waals surface area contributed by atoms with Crippen molar-refractivity contribution >= 4 is 16.1 Å². The Labute approximate surface area is 198 Å². The average molecular weight is 487 g/mol. The summed E-state index contributed by atoms with van der Waals surface area (Å²) in [5, 5.41) is 4.08. The minimum Gasteiger partial charge on any atom is -0.494 e. The molecule has 0 saturated heterocycles. The number of rotatable bonds is 10. The number of nitrogens with zero attached hydrogens (tertiary/aromatic N) is 2. The minimum atomic E-state index is -4.38. The third kappa shape index (κ3) is 5.82. The van der Waals surface area contributed by atoms with E-state index in [0.717, 1.165) is 29.2 Å². The van der Waals surface area contributed by atoms with Crippen LogP contribution in [0.15, 0.2) is 64.3 Å². The summed E-state index contributed by atoms with van der Waals surface area (Å²) >= 11 is 0. The first-order chi connectivity index (χ1) is 16.3. The normalized spacial score (nSPS) is 11.1. The van der Waals surface area contributed by atoms with Crippen LogP contribution in [0.5, 0.6) is 11.5 Å². The molecule has 0 saturated carbocycles. The number of benzene rings is 2. The summed E-state index contributed by atoms with van der Waals surface area (Å²) in [6.07, 6.45) is 1.85. The van der Waals surface area contributed by atoms with Crippen LogP contribution < -0.4 is 14.5 Å². The van der Waals surface area contributed by atoms with E-state index in [4.69, 9.17) is 13.7 Å². The lowest BCUT2D eigenvalue weighted by molar-refractivity contribution is 0.0515. The molecule has 3 rings (SSSR count). The van der Waals surface area contributed by atoms with Crippen LogP contribution >= 0.6 is 0 Å². The fourth-order valence-electron chi connectivity index (χ4n) is 3.02. The lowest BCUT2D eigenvalue weighted by Gasteiger charge is -2.13. The molecule has 0 atom stereocenters. The van der Waals surface area contributed by atoms with E-state index in [-0.39, 0.29) is 11.5 Å². The molecule has 0 spiro atoms. The molecule has 2 aromatic carbocycles. The third-order valence-electron chi connectivity index (χ3n) is 4.79. The standard InChI is InChI=1S/C24H26N2O7S/c1-4-6-15-32-18-11-13-19(14-12-18)34(29,30)33-21-16-22(27)26(20-10-8-7-9-17(20)3)25-23(21)24(28)31-5-2/h7-14,16H,4-6,15H2,1-3H3. The van der Waals surface area contributed by atoms with Crippen LogP contribution in [-0.2, 0) is 14.9 Å². The third-order valence-corrected chi connectivity index (χ3v) is 6.04. The molecule has 9 nitrogen and oxygen atoms in total. The Morgan fingerprint density at radius 3 is 2.41 bits per heavy atom. The zero-order valence-electron chi connectivity index (χ0n) is 19.2. The largest absolute Gasteiger partial charge is 0.494 e. The second-order valence-corrected chi connectivity index (χ2v) is 8.87. The number of carbonyl (C=O) groups is 1. The smallest absolute Gasteiger partial charge is 0.362 e. The number of aromatic nitrogens is 2. The molecule has 0 aliphatic carbocycles. The number of aryl methyl sites for hydroxylation is 1. The number of esters is 1. The van der Waals surface area contributed by atoms with Crippen molar-refractivity contribution in [2.24, 2.45) is 0 Å². The topological polar surface area (TPSA) is 114 Å². The lowest BCUT2D eigenvalue weighted by atomic mass is 10.2. The van der Waals surface area contributed by atoms with Gasteiger partial charge in [-0.05, 0) is 56.2 Å². The highest BCUT2D eigenvalue weighted by Gasteiger charge is 2.26. The Morgan fingerprint density at radius 2 is 1.76 bits per heavy atom. The summed E-state index contributed by atoms with van der Waals surface area (Å²) in [4.78, 5) is 25.1. The van der Waals surface area contributed by atoms with Gasteiger partial charge < -0.3 is 13.7 Å². The molecule has 0 fully saturated rings. The molecule has 34 heavy (non-hydrogen) atoms. The van der Waals surface area contributed by atoms with Crippen molar-refractivity contribution in [3.8, 4) is 17.2 Å². The molecule has 0 radical (unpaired) electrons. The maximum absolute atomic E-state index is 12.9. The number of hydrogen-bond acceptors (Lipinski definition) is 8. The van der Waals surface area contributed by atoms with E-state index in [9.17, 15) is 18.0 Å². The Bertz CT molecular complexity index is 1320. The highest BCUT2D eigenvalue weighted by molar-refractivity contribution is 7.87. The van der Waals surface area contributed by atoms with Crippen molar-refractivity contribution in [1.29, 1.82) is 0 Å². The minimum absolute atomic E-state index is 0.0235. The lowest BCUT2D eigenvalue weighted by Crippen LogP contribution is -2.26. The van der Waals surface area contributed by atoms with Crippen LogP contribution in [0.1, 0.15) is 42.7 Å². The Kier molecular flexibility index (Phi) is 8.06. The van der Waals surface area contributed by atoms with Gasteiger partial charge in [-0.1, -0.05) is 31.5 Å². The number of carbonyl (C=O) groups excluding carboxylic acids is 1. The summed E-state index contributed by atoms with van der Waals surface area (Å²) in [5.74, 6) is -0.923. The molecule has 0 N–H and O–H groups in total. The van der Waals surface area contributed by atoms with Crippen LogP contribution in [0.25, 0.3) is 5.69 Å². The van der Waals surface area contributed by atoms with Gasteiger partial charge in [0, 0.05) is 0 Å². The monoisotopic (exact) mass is 486 g/mol. The van der Waals surface area contributed by atoms with Gasteiger partial charge in [0.25, 0.3) is 5.56 Å². The van der Waals surface area contributed by atoms with Crippen molar-refractivity contribution in [1.82, 2.24) is 9.78 Å². The van der Waals surface area contributed by atoms with Crippen molar-refractivity contribution in [3.63, 3.8) is 0 Å².